The summed E-state index contributed by atoms with van der Waals surface area (Å²) in [5.41, 5.74) is 1.06. The number of hydrogen-bond acceptors (Lipinski definition) is 5. The van der Waals surface area contributed by atoms with Crippen molar-refractivity contribution in [1.29, 1.82) is 0 Å². The van der Waals surface area contributed by atoms with Crippen LogP contribution in [0, 0.1) is 5.92 Å². The van der Waals surface area contributed by atoms with E-state index in [0.29, 0.717) is 6.04 Å². The summed E-state index contributed by atoms with van der Waals surface area (Å²) >= 11 is 1.66. The van der Waals surface area contributed by atoms with Crippen molar-refractivity contribution < 1.29 is 4.74 Å². The first-order chi connectivity index (χ1) is 12.9. The molecule has 7 heteroatoms. The second-order valence-corrected chi connectivity index (χ2v) is 8.56. The molecule has 27 heavy (non-hydrogen) atoms. The van der Waals surface area contributed by atoms with Gasteiger partial charge in [0.1, 0.15) is 11.1 Å². The summed E-state index contributed by atoms with van der Waals surface area (Å²) in [6.45, 7) is 13.6. The number of methoxy groups -OCH3 is 1. The van der Waals surface area contributed by atoms with Gasteiger partial charge in [-0.05, 0) is 52.6 Å². The highest BCUT2D eigenvalue weighted by Gasteiger charge is 2.20. The number of likely N-dealkylation sites (tertiary alicyclic amines) is 1. The highest BCUT2D eigenvalue weighted by Crippen LogP contribution is 2.21. The minimum absolute atomic E-state index is 0.0454. The average Bonchev–Trinajstić information content (AvgIpc) is 3.13. The third-order valence-electron chi connectivity index (χ3n) is 5.31. The van der Waals surface area contributed by atoms with E-state index in [1.54, 1.807) is 18.4 Å². The molecule has 1 N–H and O–H groups in total. The first kappa shape index (κ1) is 22.1. The Hall–Kier alpha value is -1.18. The van der Waals surface area contributed by atoms with Crippen LogP contribution in [-0.2, 0) is 11.3 Å². The maximum Gasteiger partial charge on any atom is 0.194 e. The number of piperidine rings is 1. The lowest BCUT2D eigenvalue weighted by molar-refractivity contribution is 0.119. The fourth-order valence-electron chi connectivity index (χ4n) is 3.27. The maximum absolute atomic E-state index is 5.36. The Kier molecular flexibility index (Phi) is 8.99. The molecule has 0 spiro atoms. The summed E-state index contributed by atoms with van der Waals surface area (Å²) in [5.74, 6) is 1.81. The number of rotatable bonds is 8. The van der Waals surface area contributed by atoms with Crippen LogP contribution in [0.15, 0.2) is 10.4 Å². The predicted molar refractivity (Wildman–Crippen MR) is 114 cm³/mol. The number of thiazole rings is 1. The van der Waals surface area contributed by atoms with Crippen molar-refractivity contribution in [1.82, 2.24) is 20.1 Å². The van der Waals surface area contributed by atoms with Crippen molar-refractivity contribution >= 4 is 17.3 Å². The highest BCUT2D eigenvalue weighted by molar-refractivity contribution is 7.09. The minimum atomic E-state index is 0.0454. The van der Waals surface area contributed by atoms with Gasteiger partial charge in [-0.25, -0.2) is 4.98 Å². The summed E-state index contributed by atoms with van der Waals surface area (Å²) in [6, 6.07) is 0.480. The van der Waals surface area contributed by atoms with Gasteiger partial charge in [-0.1, -0.05) is 6.92 Å². The Bertz CT molecular complexity index is 583. The molecule has 1 fully saturated rings. The Balaban J connectivity index is 1.93. The molecule has 154 valence electrons. The van der Waals surface area contributed by atoms with E-state index in [4.69, 9.17) is 14.7 Å². The highest BCUT2D eigenvalue weighted by atomic mass is 32.1. The van der Waals surface area contributed by atoms with Crippen molar-refractivity contribution in [2.45, 2.75) is 59.2 Å². The molecule has 2 heterocycles. The summed E-state index contributed by atoms with van der Waals surface area (Å²) in [7, 11) is 3.80. The Morgan fingerprint density at radius 1 is 1.44 bits per heavy atom. The smallest absolute Gasteiger partial charge is 0.194 e. The normalized spacial score (nSPS) is 19.1. The number of nitrogens with one attached hydrogen (secondary N) is 1. The van der Waals surface area contributed by atoms with E-state index in [1.807, 2.05) is 6.92 Å². The molecule has 1 aromatic heterocycles. The zero-order chi connectivity index (χ0) is 19.8. The average molecular weight is 396 g/mol. The van der Waals surface area contributed by atoms with Crippen LogP contribution in [0.3, 0.4) is 0 Å². The van der Waals surface area contributed by atoms with Crippen LogP contribution >= 0.6 is 11.3 Å². The predicted octanol–water partition coefficient (Wildman–Crippen LogP) is 3.37. The molecule has 0 amide bonds. The zero-order valence-electron chi connectivity index (χ0n) is 17.9. The molecule has 0 aliphatic carbocycles. The monoisotopic (exact) mass is 395 g/mol. The molecule has 1 aromatic rings. The topological polar surface area (TPSA) is 53.0 Å². The van der Waals surface area contributed by atoms with E-state index in [9.17, 15) is 0 Å². The van der Waals surface area contributed by atoms with Crippen LogP contribution in [-0.4, -0.2) is 67.1 Å². The molecular weight excluding hydrogens is 358 g/mol. The summed E-state index contributed by atoms with van der Waals surface area (Å²) < 4.78 is 5.36. The molecule has 0 radical (unpaired) electrons. The van der Waals surface area contributed by atoms with Crippen molar-refractivity contribution in [2.24, 2.45) is 10.9 Å². The SMILES string of the molecule is CCNC(=NCC(C)N1CCC(C)CC1)N(C)Cc1csc(C(C)OC)n1. The van der Waals surface area contributed by atoms with Crippen LogP contribution < -0.4 is 5.32 Å². The molecule has 0 bridgehead atoms. The van der Waals surface area contributed by atoms with Gasteiger partial charge in [0, 0.05) is 32.1 Å². The molecule has 6 nitrogen and oxygen atoms in total. The van der Waals surface area contributed by atoms with E-state index in [2.05, 4.69) is 48.3 Å². The fraction of sp³-hybridized carbons (Fsp3) is 0.800. The van der Waals surface area contributed by atoms with Gasteiger partial charge in [0.2, 0.25) is 0 Å². The molecule has 1 aliphatic rings. The lowest BCUT2D eigenvalue weighted by atomic mass is 9.98. The molecular formula is C20H37N5OS. The van der Waals surface area contributed by atoms with Gasteiger partial charge in [-0.15, -0.1) is 11.3 Å². The molecule has 0 saturated carbocycles. The van der Waals surface area contributed by atoms with E-state index in [-0.39, 0.29) is 6.10 Å². The van der Waals surface area contributed by atoms with Gasteiger partial charge >= 0.3 is 0 Å². The van der Waals surface area contributed by atoms with Crippen LogP contribution in [0.25, 0.3) is 0 Å². The lowest BCUT2D eigenvalue weighted by Gasteiger charge is -2.34. The largest absolute Gasteiger partial charge is 0.375 e. The third-order valence-corrected chi connectivity index (χ3v) is 6.37. The van der Waals surface area contributed by atoms with Crippen LogP contribution in [0.1, 0.15) is 57.3 Å². The third kappa shape index (κ3) is 6.73. The minimum Gasteiger partial charge on any atom is -0.375 e. The number of aliphatic imine (C=N–C) groups is 1. The molecule has 2 rings (SSSR count). The number of guanidine groups is 1. The van der Waals surface area contributed by atoms with Crippen LogP contribution in [0.5, 0.6) is 0 Å². The zero-order valence-corrected chi connectivity index (χ0v) is 18.7. The number of aromatic nitrogens is 1. The standard InChI is InChI=1S/C20H37N5OS/c1-7-21-20(22-12-16(3)25-10-8-15(2)9-11-25)24(5)13-18-14-27-19(23-18)17(4)26-6/h14-17H,7-13H2,1-6H3,(H,21,22). The Morgan fingerprint density at radius 3 is 2.78 bits per heavy atom. The fourth-order valence-corrected chi connectivity index (χ4v) is 4.12. The van der Waals surface area contributed by atoms with E-state index >= 15 is 0 Å². The maximum atomic E-state index is 5.36. The number of nitrogens with zero attached hydrogens (tertiary/aromatic N) is 4. The lowest BCUT2D eigenvalue weighted by Crippen LogP contribution is -2.43. The molecule has 0 aromatic carbocycles. The second kappa shape index (κ2) is 11.0. The van der Waals surface area contributed by atoms with Crippen molar-refractivity contribution in [3.05, 3.63) is 16.1 Å². The van der Waals surface area contributed by atoms with Crippen molar-refractivity contribution in [3.8, 4) is 0 Å². The molecule has 1 saturated heterocycles. The summed E-state index contributed by atoms with van der Waals surface area (Å²) in [5, 5.41) is 6.55. The molecule has 2 atom stereocenters. The number of hydrogen-bond donors (Lipinski definition) is 1. The first-order valence-corrected chi connectivity index (χ1v) is 11.0. The van der Waals surface area contributed by atoms with Crippen LogP contribution in [0.2, 0.25) is 0 Å². The van der Waals surface area contributed by atoms with Gasteiger partial charge in [-0.2, -0.15) is 0 Å². The summed E-state index contributed by atoms with van der Waals surface area (Å²) in [4.78, 5) is 14.3. The van der Waals surface area contributed by atoms with Gasteiger partial charge in [-0.3, -0.25) is 9.89 Å². The molecule has 2 unspecified atom stereocenters. The van der Waals surface area contributed by atoms with Crippen LogP contribution in [0.4, 0.5) is 0 Å². The van der Waals surface area contributed by atoms with Gasteiger partial charge in [0.15, 0.2) is 5.96 Å². The van der Waals surface area contributed by atoms with Crippen molar-refractivity contribution in [3.63, 3.8) is 0 Å². The summed E-state index contributed by atoms with van der Waals surface area (Å²) in [6.07, 6.45) is 2.66. The van der Waals surface area contributed by atoms with E-state index in [0.717, 1.165) is 42.2 Å². The second-order valence-electron chi connectivity index (χ2n) is 7.67. The van der Waals surface area contributed by atoms with Crippen molar-refractivity contribution in [2.75, 3.05) is 40.3 Å². The Morgan fingerprint density at radius 2 is 2.15 bits per heavy atom. The van der Waals surface area contributed by atoms with Gasteiger partial charge in [0.25, 0.3) is 0 Å². The first-order valence-electron chi connectivity index (χ1n) is 10.1. The number of ether oxygens (including phenoxy) is 1. The van der Waals surface area contributed by atoms with E-state index in [1.165, 1.54) is 25.9 Å². The van der Waals surface area contributed by atoms with Gasteiger partial charge in [0.05, 0.1) is 18.8 Å². The Labute approximate surface area is 169 Å². The quantitative estimate of drug-likeness (QED) is 0.540. The van der Waals surface area contributed by atoms with Gasteiger partial charge < -0.3 is 15.0 Å². The molecule has 1 aliphatic heterocycles. The van der Waals surface area contributed by atoms with E-state index < -0.39 is 0 Å².